The minimum Gasteiger partial charge on any atom is -0.493 e. The molecule has 1 aliphatic heterocycles. The summed E-state index contributed by atoms with van der Waals surface area (Å²) in [5, 5.41) is 16.1. The first kappa shape index (κ1) is 21.4. The first-order valence-corrected chi connectivity index (χ1v) is 12.0. The van der Waals surface area contributed by atoms with Gasteiger partial charge in [0.05, 0.1) is 12.3 Å². The highest BCUT2D eigenvalue weighted by Crippen LogP contribution is 2.35. The van der Waals surface area contributed by atoms with Gasteiger partial charge in [-0.15, -0.1) is 0 Å². The van der Waals surface area contributed by atoms with Gasteiger partial charge in [-0.25, -0.2) is 9.50 Å². The monoisotopic (exact) mass is 434 g/mol. The minimum absolute atomic E-state index is 0.605. The van der Waals surface area contributed by atoms with Gasteiger partial charge in [-0.2, -0.15) is 5.10 Å². The van der Waals surface area contributed by atoms with E-state index < -0.39 is 6.23 Å². The van der Waals surface area contributed by atoms with Crippen molar-refractivity contribution < 1.29 is 9.84 Å². The van der Waals surface area contributed by atoms with E-state index in [9.17, 15) is 5.11 Å². The third-order valence-electron chi connectivity index (χ3n) is 7.48. The number of ether oxygens (including phenoxy) is 1. The van der Waals surface area contributed by atoms with E-state index in [4.69, 9.17) is 14.8 Å². The number of para-hydroxylation sites is 1. The van der Waals surface area contributed by atoms with Gasteiger partial charge in [0.15, 0.2) is 5.65 Å². The fourth-order valence-electron chi connectivity index (χ4n) is 5.24. The van der Waals surface area contributed by atoms with Gasteiger partial charge >= 0.3 is 0 Å². The van der Waals surface area contributed by atoms with E-state index in [1.165, 1.54) is 37.7 Å². The van der Waals surface area contributed by atoms with Crippen LogP contribution in [0.25, 0.3) is 5.65 Å². The average molecular weight is 435 g/mol. The fourth-order valence-corrected chi connectivity index (χ4v) is 5.24. The first-order valence-electron chi connectivity index (χ1n) is 12.0. The van der Waals surface area contributed by atoms with E-state index in [1.54, 1.807) is 0 Å². The lowest BCUT2D eigenvalue weighted by molar-refractivity contribution is -0.00443. The summed E-state index contributed by atoms with van der Waals surface area (Å²) in [4.78, 5) is 6.85. The van der Waals surface area contributed by atoms with Gasteiger partial charge in [-0.05, 0) is 44.7 Å². The number of rotatable bonds is 6. The maximum absolute atomic E-state index is 11.3. The van der Waals surface area contributed by atoms with Crippen molar-refractivity contribution >= 4 is 5.65 Å². The molecule has 32 heavy (non-hydrogen) atoms. The quantitative estimate of drug-likeness (QED) is 0.591. The maximum atomic E-state index is 11.3. The Balaban J connectivity index is 1.30. The number of hydrogen-bond donors (Lipinski definition) is 1. The minimum atomic E-state index is -0.734. The van der Waals surface area contributed by atoms with Gasteiger partial charge in [0.25, 0.3) is 0 Å². The zero-order valence-corrected chi connectivity index (χ0v) is 19.5. The Morgan fingerprint density at radius 2 is 1.88 bits per heavy atom. The van der Waals surface area contributed by atoms with E-state index in [2.05, 4.69) is 13.8 Å². The van der Waals surface area contributed by atoms with Crippen molar-refractivity contribution in [3.63, 3.8) is 0 Å². The lowest BCUT2D eigenvalue weighted by Gasteiger charge is -2.25. The van der Waals surface area contributed by atoms with Crippen LogP contribution in [0.3, 0.4) is 0 Å². The third-order valence-corrected chi connectivity index (χ3v) is 7.48. The van der Waals surface area contributed by atoms with E-state index >= 15 is 0 Å². The summed E-state index contributed by atoms with van der Waals surface area (Å²) < 4.78 is 8.13. The molecule has 0 amide bonds. The molecular formula is C26H34N4O2. The molecule has 1 atom stereocenters. The zero-order chi connectivity index (χ0) is 22.2. The molecule has 0 radical (unpaired) electrons. The second-order valence-corrected chi connectivity index (χ2v) is 9.53. The van der Waals surface area contributed by atoms with Crippen molar-refractivity contribution in [1.29, 1.82) is 0 Å². The summed E-state index contributed by atoms with van der Waals surface area (Å²) in [5.74, 6) is 1.57. The van der Waals surface area contributed by atoms with Gasteiger partial charge in [-0.3, -0.25) is 4.90 Å². The molecule has 6 heteroatoms. The lowest BCUT2D eigenvalue weighted by Crippen LogP contribution is -2.24. The summed E-state index contributed by atoms with van der Waals surface area (Å²) in [7, 11) is 0. The van der Waals surface area contributed by atoms with Gasteiger partial charge in [0.2, 0.25) is 0 Å². The van der Waals surface area contributed by atoms with Crippen LogP contribution in [0.15, 0.2) is 24.3 Å². The summed E-state index contributed by atoms with van der Waals surface area (Å²) in [6.45, 7) is 8.17. The highest BCUT2D eigenvalue weighted by molar-refractivity contribution is 5.54. The van der Waals surface area contributed by atoms with Crippen molar-refractivity contribution in [2.75, 3.05) is 6.61 Å². The number of aliphatic hydroxyl groups is 1. The number of aryl methyl sites for hydroxylation is 2. The SMILES string of the molecule is Cc1nc2c3c(nn2c(C)c1C)CN(C(O)c1ccccc1OCCC1CCCCC1)C3. The number of aromatic nitrogens is 3. The Morgan fingerprint density at radius 1 is 1.09 bits per heavy atom. The average Bonchev–Trinajstić information content (AvgIpc) is 3.37. The molecular weight excluding hydrogens is 400 g/mol. The van der Waals surface area contributed by atoms with E-state index in [0.717, 1.165) is 51.9 Å². The second kappa shape index (κ2) is 8.83. The third kappa shape index (κ3) is 3.90. The molecule has 0 saturated heterocycles. The Bertz CT molecular complexity index is 1120. The smallest absolute Gasteiger partial charge is 0.160 e. The number of fused-ring (bicyclic) bond motifs is 3. The summed E-state index contributed by atoms with van der Waals surface area (Å²) >= 11 is 0. The predicted octanol–water partition coefficient (Wildman–Crippen LogP) is 5.01. The van der Waals surface area contributed by atoms with Crippen LogP contribution in [-0.2, 0) is 13.1 Å². The molecule has 1 aromatic carbocycles. The number of benzene rings is 1. The lowest BCUT2D eigenvalue weighted by atomic mass is 9.87. The van der Waals surface area contributed by atoms with Crippen LogP contribution in [0.2, 0.25) is 0 Å². The Labute approximate surface area is 190 Å². The molecule has 2 aromatic heterocycles. The standard InChI is InChI=1S/C26H34N4O2/c1-17-18(2)27-25-22-15-29(16-23(22)28-30(25)19(17)3)26(31)21-11-7-8-12-24(21)32-14-13-20-9-5-4-6-10-20/h7-8,11-12,20,26,31H,4-6,9-10,13-16H2,1-3H3. The largest absolute Gasteiger partial charge is 0.493 e. The summed E-state index contributed by atoms with van der Waals surface area (Å²) in [5.41, 5.74) is 7.20. The van der Waals surface area contributed by atoms with Crippen molar-refractivity contribution in [1.82, 2.24) is 19.5 Å². The number of hydrogen-bond acceptors (Lipinski definition) is 5. The topological polar surface area (TPSA) is 62.9 Å². The highest BCUT2D eigenvalue weighted by Gasteiger charge is 2.32. The van der Waals surface area contributed by atoms with Crippen molar-refractivity contribution in [2.24, 2.45) is 5.92 Å². The zero-order valence-electron chi connectivity index (χ0n) is 19.5. The Morgan fingerprint density at radius 3 is 2.69 bits per heavy atom. The van der Waals surface area contributed by atoms with Crippen LogP contribution in [0.1, 0.15) is 78.5 Å². The molecule has 6 nitrogen and oxygen atoms in total. The first-order chi connectivity index (χ1) is 15.5. The molecule has 170 valence electrons. The second-order valence-electron chi connectivity index (χ2n) is 9.53. The van der Waals surface area contributed by atoms with Gasteiger partial charge in [0.1, 0.15) is 12.0 Å². The van der Waals surface area contributed by atoms with Crippen LogP contribution >= 0.6 is 0 Å². The Kier molecular flexibility index (Phi) is 5.91. The van der Waals surface area contributed by atoms with Crippen molar-refractivity contribution in [3.8, 4) is 5.75 Å². The maximum Gasteiger partial charge on any atom is 0.160 e. The van der Waals surface area contributed by atoms with Crippen LogP contribution in [0.5, 0.6) is 5.75 Å². The number of nitrogens with zero attached hydrogens (tertiary/aromatic N) is 4. The number of aliphatic hydroxyl groups excluding tert-OH is 1. The molecule has 0 bridgehead atoms. The van der Waals surface area contributed by atoms with Crippen LogP contribution in [0.4, 0.5) is 0 Å². The molecule has 2 aliphatic rings. The summed E-state index contributed by atoms with van der Waals surface area (Å²) in [6.07, 6.45) is 7.11. The van der Waals surface area contributed by atoms with E-state index in [0.29, 0.717) is 19.7 Å². The normalized spacial score (nSPS) is 18.2. The molecule has 1 unspecified atom stereocenters. The van der Waals surface area contributed by atoms with E-state index in [-0.39, 0.29) is 0 Å². The van der Waals surface area contributed by atoms with Crippen LogP contribution < -0.4 is 4.74 Å². The molecule has 3 heterocycles. The Hall–Kier alpha value is -2.44. The summed E-state index contributed by atoms with van der Waals surface area (Å²) in [6, 6.07) is 7.90. The fraction of sp³-hybridized carbons (Fsp3) is 0.538. The van der Waals surface area contributed by atoms with Crippen LogP contribution in [-0.4, -0.2) is 31.2 Å². The van der Waals surface area contributed by atoms with Gasteiger partial charge in [0, 0.05) is 35.6 Å². The molecule has 1 fully saturated rings. The van der Waals surface area contributed by atoms with Gasteiger partial charge < -0.3 is 9.84 Å². The van der Waals surface area contributed by atoms with Gasteiger partial charge in [-0.1, -0.05) is 50.3 Å². The van der Waals surface area contributed by atoms with Crippen molar-refractivity contribution in [2.45, 2.75) is 78.6 Å². The molecule has 1 N–H and O–H groups in total. The molecule has 3 aromatic rings. The molecule has 1 saturated carbocycles. The van der Waals surface area contributed by atoms with Crippen molar-refractivity contribution in [3.05, 3.63) is 58.0 Å². The highest BCUT2D eigenvalue weighted by atomic mass is 16.5. The predicted molar refractivity (Wildman–Crippen MR) is 125 cm³/mol. The van der Waals surface area contributed by atoms with E-state index in [1.807, 2.05) is 40.6 Å². The molecule has 1 aliphatic carbocycles. The molecule has 5 rings (SSSR count). The molecule has 0 spiro atoms. The van der Waals surface area contributed by atoms with Crippen LogP contribution in [0, 0.1) is 26.7 Å².